The molecule has 0 bridgehead atoms. The number of hydrogen-bond acceptors (Lipinski definition) is 6. The van der Waals surface area contributed by atoms with Crippen molar-refractivity contribution in [2.75, 3.05) is 7.11 Å². The van der Waals surface area contributed by atoms with Crippen molar-refractivity contribution in [2.45, 2.75) is 59.6 Å². The van der Waals surface area contributed by atoms with Crippen molar-refractivity contribution in [2.24, 2.45) is 0 Å². The molecule has 2 atom stereocenters. The molecule has 8 nitrogen and oxygen atoms in total. The maximum Gasteiger partial charge on any atom is 0.328 e. The number of methoxy groups -OCH3 is 1. The topological polar surface area (TPSA) is 112 Å². The van der Waals surface area contributed by atoms with Crippen molar-refractivity contribution in [3.05, 3.63) is 92.9 Å². The van der Waals surface area contributed by atoms with Crippen LogP contribution in [0.5, 0.6) is 11.5 Å². The molecule has 3 aromatic rings. The first-order chi connectivity index (χ1) is 17.4. The van der Waals surface area contributed by atoms with Crippen molar-refractivity contribution in [3.8, 4) is 11.5 Å². The molecule has 0 saturated carbocycles. The van der Waals surface area contributed by atoms with Gasteiger partial charge in [0, 0.05) is 12.0 Å². The molecule has 0 aliphatic carbocycles. The Labute approximate surface area is 217 Å². The summed E-state index contributed by atoms with van der Waals surface area (Å²) in [6.45, 7) is 11.4. The normalized spacial score (nSPS) is 12.6. The fraction of sp³-hybridized carbons (Fsp3) is 0.345. The van der Waals surface area contributed by atoms with Gasteiger partial charge in [-0.15, -0.1) is 0 Å². The molecule has 2 aromatic carbocycles. The Morgan fingerprint density at radius 1 is 0.946 bits per heavy atom. The van der Waals surface area contributed by atoms with Gasteiger partial charge in [0.1, 0.15) is 12.1 Å². The second-order valence-electron chi connectivity index (χ2n) is 9.44. The van der Waals surface area contributed by atoms with Crippen LogP contribution >= 0.6 is 0 Å². The number of aromatic hydroxyl groups is 1. The van der Waals surface area contributed by atoms with Crippen molar-refractivity contribution >= 4 is 11.9 Å². The minimum absolute atomic E-state index is 0.0362. The minimum atomic E-state index is -1.08. The van der Waals surface area contributed by atoms with E-state index in [-0.39, 0.29) is 16.4 Å². The van der Waals surface area contributed by atoms with E-state index in [0.29, 0.717) is 0 Å². The number of carbonyl (C=O) groups excluding carboxylic acids is 2. The average Bonchev–Trinajstić information content (AvgIpc) is 2.81. The first-order valence-electron chi connectivity index (χ1n) is 12.1. The molecule has 0 unspecified atom stereocenters. The van der Waals surface area contributed by atoms with E-state index in [1.165, 1.54) is 20.1 Å². The monoisotopic (exact) mass is 506 g/mol. The van der Waals surface area contributed by atoms with E-state index in [0.717, 1.165) is 39.6 Å². The van der Waals surface area contributed by atoms with Gasteiger partial charge < -0.3 is 25.1 Å². The Morgan fingerprint density at radius 3 is 1.97 bits per heavy atom. The predicted octanol–water partition coefficient (Wildman–Crippen LogP) is 4.15. The van der Waals surface area contributed by atoms with Crippen molar-refractivity contribution in [1.82, 2.24) is 5.32 Å². The number of esters is 1. The highest BCUT2D eigenvalue weighted by Crippen LogP contribution is 2.35. The number of rotatable bonds is 8. The highest BCUT2D eigenvalue weighted by molar-refractivity contribution is 5.96. The second kappa shape index (κ2) is 11.3. The molecule has 0 radical (unpaired) electrons. The summed E-state index contributed by atoms with van der Waals surface area (Å²) in [4.78, 5) is 25.8. The van der Waals surface area contributed by atoms with Crippen LogP contribution in [-0.4, -0.2) is 36.2 Å². The molecule has 37 heavy (non-hydrogen) atoms. The van der Waals surface area contributed by atoms with Crippen LogP contribution in [0.25, 0.3) is 0 Å². The number of aryl methyl sites for hydroxylation is 4. The number of ether oxygens (including phenoxy) is 2. The minimum Gasteiger partial charge on any atom is -0.618 e. The summed E-state index contributed by atoms with van der Waals surface area (Å²) >= 11 is 0. The fourth-order valence-corrected chi connectivity index (χ4v) is 4.58. The molecule has 196 valence electrons. The standard InChI is InChI=1S/C29H34N2O6/c1-16-8-10-22(18(3)14-16)25(23-11-9-17(2)15-19(23)4)21(6)37-29(34)20(5)30-28(33)26-27(32)24(36-7)12-13-31(26)35/h8-15,20-21,25,32H,1-7H3,(H,30,33)/t20-,21-/m0/s1. The largest absolute Gasteiger partial charge is 0.618 e. The van der Waals surface area contributed by atoms with E-state index in [9.17, 15) is 19.9 Å². The molecular weight excluding hydrogens is 472 g/mol. The lowest BCUT2D eigenvalue weighted by Crippen LogP contribution is -2.46. The molecular formula is C29H34N2O6. The first kappa shape index (κ1) is 27.5. The van der Waals surface area contributed by atoms with Crippen LogP contribution in [0, 0.1) is 32.9 Å². The Hall–Kier alpha value is -4.07. The molecule has 8 heteroatoms. The van der Waals surface area contributed by atoms with Gasteiger partial charge in [-0.2, -0.15) is 4.73 Å². The third kappa shape index (κ3) is 6.02. The summed E-state index contributed by atoms with van der Waals surface area (Å²) in [6.07, 6.45) is 0.473. The summed E-state index contributed by atoms with van der Waals surface area (Å²) in [5.41, 5.74) is 5.96. The molecule has 1 heterocycles. The van der Waals surface area contributed by atoms with E-state index in [1.54, 1.807) is 0 Å². The van der Waals surface area contributed by atoms with Crippen molar-refractivity contribution < 1.29 is 28.9 Å². The number of carbonyl (C=O) groups is 2. The number of hydrogen-bond donors (Lipinski definition) is 2. The van der Waals surface area contributed by atoms with Crippen LogP contribution < -0.4 is 14.8 Å². The van der Waals surface area contributed by atoms with E-state index < -0.39 is 35.5 Å². The highest BCUT2D eigenvalue weighted by Gasteiger charge is 2.32. The number of nitrogens with one attached hydrogen (secondary N) is 1. The molecule has 0 fully saturated rings. The van der Waals surface area contributed by atoms with Gasteiger partial charge >= 0.3 is 17.6 Å². The van der Waals surface area contributed by atoms with Crippen LogP contribution in [0.2, 0.25) is 0 Å². The zero-order valence-electron chi connectivity index (χ0n) is 22.3. The van der Waals surface area contributed by atoms with E-state index in [4.69, 9.17) is 9.47 Å². The van der Waals surface area contributed by atoms with Gasteiger partial charge in [-0.3, -0.25) is 4.79 Å². The smallest absolute Gasteiger partial charge is 0.328 e. The molecule has 0 spiro atoms. The van der Waals surface area contributed by atoms with Gasteiger partial charge in [0.05, 0.1) is 7.11 Å². The van der Waals surface area contributed by atoms with Gasteiger partial charge in [0.2, 0.25) is 5.75 Å². The average molecular weight is 507 g/mol. The lowest BCUT2D eigenvalue weighted by molar-refractivity contribution is -0.608. The lowest BCUT2D eigenvalue weighted by atomic mass is 9.82. The zero-order valence-corrected chi connectivity index (χ0v) is 22.3. The van der Waals surface area contributed by atoms with Crippen molar-refractivity contribution in [1.29, 1.82) is 0 Å². The number of nitrogens with zero attached hydrogens (tertiary/aromatic N) is 1. The molecule has 1 amide bonds. The van der Waals surface area contributed by atoms with Gasteiger partial charge in [0.15, 0.2) is 11.9 Å². The lowest BCUT2D eigenvalue weighted by Gasteiger charge is -2.29. The Balaban J connectivity index is 1.86. The zero-order chi connectivity index (χ0) is 27.4. The van der Waals surface area contributed by atoms with Gasteiger partial charge in [-0.25, -0.2) is 4.79 Å². The molecule has 0 saturated heterocycles. The maximum absolute atomic E-state index is 13.0. The molecule has 0 aliphatic rings. The molecule has 2 N–H and O–H groups in total. The van der Waals surface area contributed by atoms with Gasteiger partial charge in [-0.1, -0.05) is 47.5 Å². The molecule has 0 aliphatic heterocycles. The van der Waals surface area contributed by atoms with Gasteiger partial charge in [-0.05, 0) is 63.8 Å². The quantitative estimate of drug-likeness (QED) is 0.270. The Kier molecular flexibility index (Phi) is 8.42. The number of amides is 1. The third-order valence-electron chi connectivity index (χ3n) is 6.47. The van der Waals surface area contributed by atoms with Crippen LogP contribution in [0.4, 0.5) is 0 Å². The summed E-state index contributed by atoms with van der Waals surface area (Å²) in [5, 5.41) is 24.8. The van der Waals surface area contributed by atoms with Gasteiger partial charge in [0.25, 0.3) is 0 Å². The van der Waals surface area contributed by atoms with Crippen LogP contribution in [0.15, 0.2) is 48.7 Å². The summed E-state index contributed by atoms with van der Waals surface area (Å²) in [5.74, 6) is -2.48. The van der Waals surface area contributed by atoms with Crippen LogP contribution in [0.1, 0.15) is 63.6 Å². The number of pyridine rings is 1. The van der Waals surface area contributed by atoms with Crippen LogP contribution in [0.3, 0.4) is 0 Å². The maximum atomic E-state index is 13.0. The van der Waals surface area contributed by atoms with Crippen LogP contribution in [-0.2, 0) is 9.53 Å². The number of aromatic nitrogens is 1. The van der Waals surface area contributed by atoms with Crippen molar-refractivity contribution in [3.63, 3.8) is 0 Å². The predicted molar refractivity (Wildman–Crippen MR) is 140 cm³/mol. The highest BCUT2D eigenvalue weighted by atomic mass is 16.5. The fourth-order valence-electron chi connectivity index (χ4n) is 4.58. The Bertz CT molecular complexity index is 1270. The summed E-state index contributed by atoms with van der Waals surface area (Å²) in [7, 11) is 1.30. The van der Waals surface area contributed by atoms with E-state index >= 15 is 0 Å². The first-order valence-corrected chi connectivity index (χ1v) is 12.1. The van der Waals surface area contributed by atoms with E-state index in [2.05, 4.69) is 29.6 Å². The van der Waals surface area contributed by atoms with E-state index in [1.807, 2.05) is 46.8 Å². The summed E-state index contributed by atoms with van der Waals surface area (Å²) in [6, 6.07) is 12.5. The Morgan fingerprint density at radius 2 is 1.49 bits per heavy atom. The third-order valence-corrected chi connectivity index (χ3v) is 6.47. The molecule has 1 aromatic heterocycles. The SMILES string of the molecule is COc1cc[n+]([O-])c(C(=O)N[C@@H](C)C(=O)O[C@@H](C)C(c2ccc(C)cc2C)c2ccc(C)cc2C)c1O. The summed E-state index contributed by atoms with van der Waals surface area (Å²) < 4.78 is 11.0. The second-order valence-corrected chi connectivity index (χ2v) is 9.44. The number of benzene rings is 2. The molecule has 3 rings (SSSR count).